The summed E-state index contributed by atoms with van der Waals surface area (Å²) in [6, 6.07) is 0. The fourth-order valence-corrected chi connectivity index (χ4v) is 2.86. The standard InChI is InChI=1S/C9H17N/c1-9(6-10)7-4-2-3-5-8(7)9/h7-8H,2-6,10H2,1H3. The Hall–Kier alpha value is -0.0400. The molecule has 0 spiro atoms. The summed E-state index contributed by atoms with van der Waals surface area (Å²) in [7, 11) is 0. The Morgan fingerprint density at radius 1 is 1.30 bits per heavy atom. The molecule has 2 atom stereocenters. The highest BCUT2D eigenvalue weighted by atomic mass is 14.7. The first-order valence-corrected chi connectivity index (χ1v) is 4.49. The van der Waals surface area contributed by atoms with E-state index >= 15 is 0 Å². The third-order valence-electron chi connectivity index (χ3n) is 3.79. The Kier molecular flexibility index (Phi) is 1.31. The van der Waals surface area contributed by atoms with E-state index < -0.39 is 0 Å². The van der Waals surface area contributed by atoms with Crippen molar-refractivity contribution in [2.24, 2.45) is 23.0 Å². The number of nitrogens with two attached hydrogens (primary N) is 1. The summed E-state index contributed by atoms with van der Waals surface area (Å²) in [6.45, 7) is 3.29. The van der Waals surface area contributed by atoms with Crippen molar-refractivity contribution in [3.63, 3.8) is 0 Å². The summed E-state index contributed by atoms with van der Waals surface area (Å²) in [5.41, 5.74) is 6.29. The number of fused-ring (bicyclic) bond motifs is 1. The summed E-state index contributed by atoms with van der Waals surface area (Å²) in [6.07, 6.45) is 5.82. The first-order chi connectivity index (χ1) is 4.79. The fourth-order valence-electron chi connectivity index (χ4n) is 2.86. The topological polar surface area (TPSA) is 26.0 Å². The lowest BCUT2D eigenvalue weighted by Crippen LogP contribution is -2.14. The average Bonchev–Trinajstić information content (AvgIpc) is 2.60. The van der Waals surface area contributed by atoms with Gasteiger partial charge >= 0.3 is 0 Å². The average molecular weight is 139 g/mol. The third kappa shape index (κ3) is 0.672. The molecule has 58 valence electrons. The molecule has 0 heterocycles. The van der Waals surface area contributed by atoms with Crippen LogP contribution in [0, 0.1) is 17.3 Å². The summed E-state index contributed by atoms with van der Waals surface area (Å²) >= 11 is 0. The molecule has 10 heavy (non-hydrogen) atoms. The lowest BCUT2D eigenvalue weighted by molar-refractivity contribution is 0.480. The van der Waals surface area contributed by atoms with Crippen LogP contribution in [-0.4, -0.2) is 6.54 Å². The van der Waals surface area contributed by atoms with Crippen LogP contribution in [0.25, 0.3) is 0 Å². The smallest absolute Gasteiger partial charge is 0.00177 e. The predicted octanol–water partition coefficient (Wildman–Crippen LogP) is 1.77. The first-order valence-electron chi connectivity index (χ1n) is 4.49. The van der Waals surface area contributed by atoms with E-state index in [4.69, 9.17) is 5.73 Å². The highest BCUT2D eigenvalue weighted by Gasteiger charge is 2.59. The second-order valence-electron chi connectivity index (χ2n) is 4.21. The first kappa shape index (κ1) is 6.66. The Balaban J connectivity index is 2.04. The molecule has 0 aromatic rings. The van der Waals surface area contributed by atoms with Crippen molar-refractivity contribution in [1.82, 2.24) is 0 Å². The number of hydrogen-bond acceptors (Lipinski definition) is 1. The quantitative estimate of drug-likeness (QED) is 0.588. The lowest BCUT2D eigenvalue weighted by Gasteiger charge is -2.04. The zero-order chi connectivity index (χ0) is 7.19. The Labute approximate surface area is 63.0 Å². The van der Waals surface area contributed by atoms with Gasteiger partial charge < -0.3 is 5.73 Å². The monoisotopic (exact) mass is 139 g/mol. The van der Waals surface area contributed by atoms with Crippen molar-refractivity contribution in [3.05, 3.63) is 0 Å². The van der Waals surface area contributed by atoms with Crippen LogP contribution < -0.4 is 5.73 Å². The molecule has 0 amide bonds. The molecule has 0 bridgehead atoms. The lowest BCUT2D eigenvalue weighted by atomic mass is 10.0. The van der Waals surface area contributed by atoms with E-state index in [0.29, 0.717) is 5.41 Å². The van der Waals surface area contributed by atoms with E-state index in [1.165, 1.54) is 25.7 Å². The van der Waals surface area contributed by atoms with Crippen molar-refractivity contribution in [1.29, 1.82) is 0 Å². The van der Waals surface area contributed by atoms with Crippen LogP contribution in [0.4, 0.5) is 0 Å². The van der Waals surface area contributed by atoms with Crippen molar-refractivity contribution >= 4 is 0 Å². The van der Waals surface area contributed by atoms with Gasteiger partial charge in [-0.2, -0.15) is 0 Å². The van der Waals surface area contributed by atoms with Crippen LogP contribution >= 0.6 is 0 Å². The highest BCUT2D eigenvalue weighted by molar-refractivity contribution is 5.09. The highest BCUT2D eigenvalue weighted by Crippen LogP contribution is 2.64. The van der Waals surface area contributed by atoms with Crippen LogP contribution in [0.1, 0.15) is 32.6 Å². The largest absolute Gasteiger partial charge is 0.330 e. The molecule has 2 unspecified atom stereocenters. The molecule has 0 aliphatic heterocycles. The molecule has 0 aromatic heterocycles. The summed E-state index contributed by atoms with van der Waals surface area (Å²) < 4.78 is 0. The summed E-state index contributed by atoms with van der Waals surface area (Å²) in [5.74, 6) is 2.01. The number of rotatable bonds is 1. The summed E-state index contributed by atoms with van der Waals surface area (Å²) in [4.78, 5) is 0. The molecule has 2 aliphatic rings. The summed E-state index contributed by atoms with van der Waals surface area (Å²) in [5, 5.41) is 0. The van der Waals surface area contributed by atoms with Gasteiger partial charge in [0.05, 0.1) is 0 Å². The molecule has 0 saturated heterocycles. The molecular weight excluding hydrogens is 122 g/mol. The van der Waals surface area contributed by atoms with Crippen molar-refractivity contribution in [2.45, 2.75) is 32.6 Å². The minimum absolute atomic E-state index is 0.566. The molecule has 2 rings (SSSR count). The SMILES string of the molecule is CC1(CN)C2CCCCC21. The maximum atomic E-state index is 5.73. The second kappa shape index (κ2) is 1.97. The molecular formula is C9H17N. The molecule has 2 N–H and O–H groups in total. The molecule has 2 fully saturated rings. The van der Waals surface area contributed by atoms with Crippen LogP contribution in [0.3, 0.4) is 0 Å². The van der Waals surface area contributed by atoms with Crippen molar-refractivity contribution < 1.29 is 0 Å². The third-order valence-corrected chi connectivity index (χ3v) is 3.79. The van der Waals surface area contributed by atoms with E-state index in [9.17, 15) is 0 Å². The van der Waals surface area contributed by atoms with Gasteiger partial charge in [-0.1, -0.05) is 19.8 Å². The van der Waals surface area contributed by atoms with Gasteiger partial charge in [-0.15, -0.1) is 0 Å². The van der Waals surface area contributed by atoms with Crippen LogP contribution in [0.5, 0.6) is 0 Å². The van der Waals surface area contributed by atoms with Gasteiger partial charge in [0.2, 0.25) is 0 Å². The van der Waals surface area contributed by atoms with Gasteiger partial charge in [0.25, 0.3) is 0 Å². The van der Waals surface area contributed by atoms with E-state index in [2.05, 4.69) is 6.92 Å². The number of hydrogen-bond donors (Lipinski definition) is 1. The minimum atomic E-state index is 0.566. The van der Waals surface area contributed by atoms with Crippen LogP contribution in [0.2, 0.25) is 0 Å². The van der Waals surface area contributed by atoms with Crippen LogP contribution in [0.15, 0.2) is 0 Å². The van der Waals surface area contributed by atoms with Crippen LogP contribution in [-0.2, 0) is 0 Å². The Morgan fingerprint density at radius 2 is 1.80 bits per heavy atom. The Bertz CT molecular complexity index is 130. The van der Waals surface area contributed by atoms with E-state index in [0.717, 1.165) is 18.4 Å². The minimum Gasteiger partial charge on any atom is -0.330 e. The van der Waals surface area contributed by atoms with Crippen molar-refractivity contribution in [3.8, 4) is 0 Å². The zero-order valence-electron chi connectivity index (χ0n) is 6.77. The maximum Gasteiger partial charge on any atom is -0.00177 e. The Morgan fingerprint density at radius 3 is 2.20 bits per heavy atom. The van der Waals surface area contributed by atoms with Gasteiger partial charge in [0.15, 0.2) is 0 Å². The normalized spacial score (nSPS) is 52.2. The maximum absolute atomic E-state index is 5.73. The van der Waals surface area contributed by atoms with Gasteiger partial charge in [0.1, 0.15) is 0 Å². The zero-order valence-corrected chi connectivity index (χ0v) is 6.77. The second-order valence-corrected chi connectivity index (χ2v) is 4.21. The molecule has 1 heteroatoms. The molecule has 2 aliphatic carbocycles. The van der Waals surface area contributed by atoms with Gasteiger partial charge in [-0.05, 0) is 36.6 Å². The van der Waals surface area contributed by atoms with E-state index in [1.54, 1.807) is 0 Å². The van der Waals surface area contributed by atoms with E-state index in [1.807, 2.05) is 0 Å². The van der Waals surface area contributed by atoms with Gasteiger partial charge in [-0.25, -0.2) is 0 Å². The fraction of sp³-hybridized carbons (Fsp3) is 1.00. The van der Waals surface area contributed by atoms with E-state index in [-0.39, 0.29) is 0 Å². The predicted molar refractivity (Wildman–Crippen MR) is 42.6 cm³/mol. The van der Waals surface area contributed by atoms with Gasteiger partial charge in [-0.3, -0.25) is 0 Å². The van der Waals surface area contributed by atoms with Crippen molar-refractivity contribution in [2.75, 3.05) is 6.54 Å². The molecule has 0 aromatic carbocycles. The molecule has 2 saturated carbocycles. The molecule has 0 radical (unpaired) electrons. The van der Waals surface area contributed by atoms with Gasteiger partial charge in [0, 0.05) is 0 Å². The molecule has 1 nitrogen and oxygen atoms in total.